The first-order valence-electron chi connectivity index (χ1n) is 15.8. The summed E-state index contributed by atoms with van der Waals surface area (Å²) in [5.41, 5.74) is 0. The van der Waals surface area contributed by atoms with Crippen molar-refractivity contribution in [1.82, 2.24) is 0 Å². The van der Waals surface area contributed by atoms with Gasteiger partial charge in [0.1, 0.15) is 0 Å². The molecule has 0 aliphatic heterocycles. The van der Waals surface area contributed by atoms with Crippen LogP contribution >= 0.6 is 90.4 Å². The molecule has 8 nitrogen and oxygen atoms in total. The van der Waals surface area contributed by atoms with Gasteiger partial charge in [0.05, 0.1) is 29.0 Å². The Kier molecular flexibility index (Phi) is 46.3. The van der Waals surface area contributed by atoms with E-state index in [0.29, 0.717) is 29.2 Å². The summed E-state index contributed by atoms with van der Waals surface area (Å²) in [5, 5.41) is 20.0. The van der Waals surface area contributed by atoms with Crippen LogP contribution in [0.4, 0.5) is 0 Å². The molecule has 0 fully saturated rings. The fourth-order valence-electron chi connectivity index (χ4n) is 3.30. The van der Waals surface area contributed by atoms with Crippen molar-refractivity contribution in [2.45, 2.75) is 129 Å². The van der Waals surface area contributed by atoms with Crippen LogP contribution in [0.2, 0.25) is 8.87 Å². The van der Waals surface area contributed by atoms with Crippen LogP contribution in [0, 0.1) is 0 Å². The van der Waals surface area contributed by atoms with Crippen molar-refractivity contribution in [2.24, 2.45) is 0 Å². The number of halogens is 4. The largest absolute Gasteiger partial charge is 0.545 e. The molecule has 0 aliphatic carbocycles. The molecule has 13 heteroatoms. The van der Waals surface area contributed by atoms with Crippen LogP contribution < -0.4 is 10.2 Å². The van der Waals surface area contributed by atoms with Gasteiger partial charge < -0.3 is 29.3 Å². The van der Waals surface area contributed by atoms with E-state index in [2.05, 4.69) is 104 Å². The average Bonchev–Trinajstić information content (AvgIpc) is 2.98. The molecule has 0 spiro atoms. The maximum absolute atomic E-state index is 11.0. The van der Waals surface area contributed by atoms with Crippen LogP contribution in [0.3, 0.4) is 0 Å². The molecule has 0 N–H and O–H groups in total. The Morgan fingerprint density at radius 1 is 0.556 bits per heavy atom. The Hall–Kier alpha value is 1.08. The summed E-state index contributed by atoms with van der Waals surface area (Å²) in [6.45, 7) is 5.27. The zero-order valence-corrected chi connectivity index (χ0v) is 38.4. The SMILES string of the molecule is CCC[CH2][Sn+2][CH2]CCC.O=C([O-])C=CC(=O)OCCCCCCCC(I)I.O=C([O-])C=CC(=O)OCCCCCCCC(I)I. The fraction of sp³-hybridized carbons (Fsp3) is 0.750. The second-order valence-electron chi connectivity index (χ2n) is 9.99. The number of esters is 2. The summed E-state index contributed by atoms with van der Waals surface area (Å²) in [7, 11) is 0. The third-order valence-electron chi connectivity index (χ3n) is 5.75. The first-order valence-corrected chi connectivity index (χ1v) is 24.9. The van der Waals surface area contributed by atoms with Gasteiger partial charge in [-0.1, -0.05) is 142 Å². The van der Waals surface area contributed by atoms with E-state index in [1.54, 1.807) is 8.87 Å². The van der Waals surface area contributed by atoms with Crippen LogP contribution in [0.1, 0.15) is 117 Å². The van der Waals surface area contributed by atoms with E-state index < -0.39 is 23.9 Å². The number of rotatable bonds is 26. The van der Waals surface area contributed by atoms with Crippen LogP contribution in [-0.2, 0) is 28.7 Å². The molecule has 0 bridgehead atoms. The minimum Gasteiger partial charge on any atom is -0.545 e. The molecule has 0 saturated heterocycles. The van der Waals surface area contributed by atoms with Gasteiger partial charge in [0, 0.05) is 12.2 Å². The minimum atomic E-state index is -1.39. The first kappa shape index (κ1) is 50.5. The number of carbonyl (C=O) groups is 4. The van der Waals surface area contributed by atoms with E-state index in [-0.39, 0.29) is 21.1 Å². The Balaban J connectivity index is -0.000000622. The first-order chi connectivity index (χ1) is 21.5. The number of alkyl halides is 4. The Morgan fingerprint density at radius 2 is 0.889 bits per heavy atom. The zero-order chi connectivity index (χ0) is 34.6. The predicted octanol–water partition coefficient (Wildman–Crippen LogP) is 7.87. The van der Waals surface area contributed by atoms with E-state index >= 15 is 0 Å². The van der Waals surface area contributed by atoms with Gasteiger partial charge in [0.15, 0.2) is 0 Å². The van der Waals surface area contributed by atoms with E-state index in [9.17, 15) is 29.4 Å². The van der Waals surface area contributed by atoms with Gasteiger partial charge in [-0.2, -0.15) is 0 Å². The number of ether oxygens (including phenoxy) is 2. The molecule has 0 amide bonds. The van der Waals surface area contributed by atoms with Gasteiger partial charge in [0.2, 0.25) is 0 Å². The summed E-state index contributed by atoms with van der Waals surface area (Å²) >= 11 is 9.80. The fourth-order valence-corrected chi connectivity index (χ4v) is 9.22. The van der Waals surface area contributed by atoms with Crippen molar-refractivity contribution < 1.29 is 38.9 Å². The molecule has 0 aliphatic rings. The molecule has 0 saturated carbocycles. The molecule has 0 rings (SSSR count). The Morgan fingerprint density at radius 3 is 1.20 bits per heavy atom. The van der Waals surface area contributed by atoms with Crippen LogP contribution in [0.5, 0.6) is 0 Å². The Labute approximate surface area is 337 Å². The summed E-state index contributed by atoms with van der Waals surface area (Å²) in [6.07, 6.45) is 22.3. The third-order valence-corrected chi connectivity index (χ3v) is 12.3. The van der Waals surface area contributed by atoms with E-state index in [1.807, 2.05) is 0 Å². The molecule has 260 valence electrons. The molecular formula is C32H52I4O8Sn. The van der Waals surface area contributed by atoms with Gasteiger partial charge in [-0.05, 0) is 37.8 Å². The van der Waals surface area contributed by atoms with Crippen LogP contribution in [-0.4, -0.2) is 62.1 Å². The summed E-state index contributed by atoms with van der Waals surface area (Å²) < 4.78 is 14.3. The smallest absolute Gasteiger partial charge is 0.330 e. The van der Waals surface area contributed by atoms with E-state index in [0.717, 1.165) is 50.7 Å². The van der Waals surface area contributed by atoms with Crippen molar-refractivity contribution >= 4 is 135 Å². The normalized spacial score (nSPS) is 10.7. The van der Waals surface area contributed by atoms with E-state index in [1.165, 1.54) is 64.2 Å². The molecule has 45 heavy (non-hydrogen) atoms. The number of carbonyl (C=O) groups excluding carboxylic acids is 4. The monoisotopic (exact) mass is 1190 g/mol. The zero-order valence-electron chi connectivity index (χ0n) is 26.9. The molecule has 0 aromatic carbocycles. The number of hydrogen-bond donors (Lipinski definition) is 0. The molecule has 0 unspecified atom stereocenters. The summed E-state index contributed by atoms with van der Waals surface area (Å²) in [5.74, 6) is -4.04. The molecule has 0 atom stereocenters. The minimum absolute atomic E-state index is 0.149. The van der Waals surface area contributed by atoms with Gasteiger partial charge in [0.25, 0.3) is 0 Å². The number of unbranched alkanes of at least 4 members (excludes halogenated alkanes) is 10. The number of carboxylic acids is 2. The average molecular weight is 1190 g/mol. The topological polar surface area (TPSA) is 133 Å². The maximum Gasteiger partial charge on any atom is 0.330 e. The molecule has 0 heterocycles. The molecular weight excluding hydrogens is 1140 g/mol. The van der Waals surface area contributed by atoms with Crippen LogP contribution in [0.15, 0.2) is 24.3 Å². The van der Waals surface area contributed by atoms with Crippen molar-refractivity contribution in [3.05, 3.63) is 24.3 Å². The van der Waals surface area contributed by atoms with Crippen molar-refractivity contribution in [3.8, 4) is 0 Å². The second-order valence-corrected chi connectivity index (χ2v) is 25.1. The standard InChI is InChI=1S/2C12H18I2O4.2C4H9.Sn/c2*13-10(14)6-4-2-1-3-5-9-18-12(17)8-7-11(15)16;2*1-3-4-2;/h2*7-8,10H,1-6,9H2,(H,15,16);2*1,3-4H2,2H3;/q;;;;+2/p-2. The quantitative estimate of drug-likeness (QED) is 0.0214. The Bertz CT molecular complexity index is 718. The number of aliphatic carboxylic acids is 2. The van der Waals surface area contributed by atoms with E-state index in [4.69, 9.17) is 9.47 Å². The van der Waals surface area contributed by atoms with Gasteiger partial charge >= 0.3 is 81.5 Å². The van der Waals surface area contributed by atoms with Gasteiger partial charge in [-0.25, -0.2) is 9.59 Å². The van der Waals surface area contributed by atoms with Crippen molar-refractivity contribution in [3.63, 3.8) is 0 Å². The maximum atomic E-state index is 11.0. The summed E-state index contributed by atoms with van der Waals surface area (Å²) in [4.78, 5) is 42.0. The van der Waals surface area contributed by atoms with Gasteiger partial charge in [-0.15, -0.1) is 0 Å². The number of hydrogen-bond acceptors (Lipinski definition) is 8. The van der Waals surface area contributed by atoms with Crippen molar-refractivity contribution in [2.75, 3.05) is 13.2 Å². The van der Waals surface area contributed by atoms with Crippen molar-refractivity contribution in [1.29, 1.82) is 0 Å². The molecule has 0 aromatic heterocycles. The third kappa shape index (κ3) is 54.8. The molecule has 0 aromatic rings. The predicted molar refractivity (Wildman–Crippen MR) is 214 cm³/mol. The number of carboxylic acid groups (broad SMARTS) is 2. The summed E-state index contributed by atoms with van der Waals surface area (Å²) in [6, 6.07) is 0. The second kappa shape index (κ2) is 41.3. The van der Waals surface area contributed by atoms with Gasteiger partial charge in [-0.3, -0.25) is 0 Å². The van der Waals surface area contributed by atoms with Crippen LogP contribution in [0.25, 0.3) is 0 Å². The molecule has 0 radical (unpaired) electrons.